The normalized spacial score (nSPS) is 21.9. The van der Waals surface area contributed by atoms with E-state index in [2.05, 4.69) is 37.2 Å². The molecule has 2 aliphatic rings. The molecule has 8 atom stereocenters. The van der Waals surface area contributed by atoms with Crippen LogP contribution in [0.25, 0.3) is 0 Å². The summed E-state index contributed by atoms with van der Waals surface area (Å²) in [6, 6.07) is -3.19. The molecule has 0 aromatic carbocycles. The Hall–Kier alpha value is -3.87. The number of rotatable bonds is 25. The van der Waals surface area contributed by atoms with Crippen molar-refractivity contribution in [2.75, 3.05) is 32.7 Å². The number of nitrogens with two attached hydrogens (primary N) is 2. The molecule has 0 aromatic heterocycles. The van der Waals surface area contributed by atoms with E-state index in [0.717, 1.165) is 6.54 Å². The molecule has 320 valence electrons. The van der Waals surface area contributed by atoms with E-state index in [0.29, 0.717) is 58.2 Å². The van der Waals surface area contributed by atoms with Crippen LogP contribution in [0.5, 0.6) is 0 Å². The molecule has 0 saturated carbocycles. The number of carboxylic acids is 2. The lowest BCUT2D eigenvalue weighted by Gasteiger charge is -2.34. The highest BCUT2D eigenvalue weighted by Crippen LogP contribution is 2.17. The van der Waals surface area contributed by atoms with Gasteiger partial charge >= 0.3 is 11.9 Å². The molecule has 0 aliphatic carbocycles. The zero-order valence-electron chi connectivity index (χ0n) is 33.7. The number of aliphatic carboxylic acids is 2. The van der Waals surface area contributed by atoms with Gasteiger partial charge in [-0.2, -0.15) is 0 Å². The molecular weight excluding hydrogens is 726 g/mol. The van der Waals surface area contributed by atoms with Crippen molar-refractivity contribution in [3.05, 3.63) is 0 Å². The second-order valence-electron chi connectivity index (χ2n) is 16.3. The smallest absolute Gasteiger partial charge is 0.305 e. The van der Waals surface area contributed by atoms with Gasteiger partial charge in [0.25, 0.3) is 0 Å². The Morgan fingerprint density at radius 3 is 1.64 bits per heavy atom. The number of piperidine rings is 2. The Kier molecular flexibility index (Phi) is 21.9. The van der Waals surface area contributed by atoms with Gasteiger partial charge in [-0.3, -0.25) is 33.6 Å². The van der Waals surface area contributed by atoms with Crippen LogP contribution in [0.1, 0.15) is 105 Å². The van der Waals surface area contributed by atoms with Crippen LogP contribution in [0.3, 0.4) is 0 Å². The van der Waals surface area contributed by atoms with E-state index in [9.17, 15) is 38.7 Å². The first kappa shape index (κ1) is 48.3. The van der Waals surface area contributed by atoms with Gasteiger partial charge in [-0.1, -0.05) is 27.7 Å². The van der Waals surface area contributed by atoms with E-state index < -0.39 is 60.4 Å². The number of carbonyl (C=O) groups is 7. The lowest BCUT2D eigenvalue weighted by Crippen LogP contribution is -2.57. The molecule has 56 heavy (non-hydrogen) atoms. The van der Waals surface area contributed by atoms with Crippen molar-refractivity contribution in [1.29, 1.82) is 0 Å². The third-order valence-electron chi connectivity index (χ3n) is 10.2. The molecule has 2 rings (SSSR count). The van der Waals surface area contributed by atoms with Crippen molar-refractivity contribution in [2.45, 2.75) is 141 Å². The lowest BCUT2D eigenvalue weighted by molar-refractivity contribution is -0.140. The number of nitrogens with one attached hydrogen (secondary N) is 7. The first-order valence-electron chi connectivity index (χ1n) is 20.3. The average Bonchev–Trinajstić information content (AvgIpc) is 3.08. The quantitative estimate of drug-likeness (QED) is 0.0546. The maximum Gasteiger partial charge on any atom is 0.305 e. The molecule has 2 aliphatic heterocycles. The molecule has 0 spiro atoms. The van der Waals surface area contributed by atoms with Gasteiger partial charge in [0, 0.05) is 75.0 Å². The number of hydrogen-bond acceptors (Lipinski definition) is 11. The molecule has 2 fully saturated rings. The van der Waals surface area contributed by atoms with Gasteiger partial charge in [-0.15, -0.1) is 0 Å². The SMILES string of the molecule is CC(C)C[C@@H](CC(=O)N[C@@H](CCCN)CC(=O)N[C@@H]1CCNC[C@H]1C(=O)N[C@H](CC(=O)N[C@@H](CCC(=O)O)CC(=O)O)CC(C)C)NC(=O)[C@@H]1CNCC[C@H]1N. The van der Waals surface area contributed by atoms with Gasteiger partial charge in [-0.05, 0) is 76.4 Å². The van der Waals surface area contributed by atoms with E-state index in [1.54, 1.807) is 0 Å². The summed E-state index contributed by atoms with van der Waals surface area (Å²) in [6.45, 7) is 10.4. The molecule has 0 bridgehead atoms. The minimum absolute atomic E-state index is 0.0364. The van der Waals surface area contributed by atoms with E-state index >= 15 is 0 Å². The monoisotopic (exact) mass is 796 g/mol. The summed E-state index contributed by atoms with van der Waals surface area (Å²) >= 11 is 0. The van der Waals surface area contributed by atoms with Crippen LogP contribution in [0, 0.1) is 23.7 Å². The van der Waals surface area contributed by atoms with Crippen LogP contribution < -0.4 is 48.7 Å². The van der Waals surface area contributed by atoms with Crippen molar-refractivity contribution in [3.63, 3.8) is 0 Å². The Morgan fingerprint density at radius 1 is 0.643 bits per heavy atom. The van der Waals surface area contributed by atoms with Crippen LogP contribution >= 0.6 is 0 Å². The van der Waals surface area contributed by atoms with Crippen molar-refractivity contribution in [3.8, 4) is 0 Å². The largest absolute Gasteiger partial charge is 0.481 e. The fraction of sp³-hybridized carbons (Fsp3) is 0.816. The maximum atomic E-state index is 13.7. The lowest BCUT2D eigenvalue weighted by atomic mass is 9.91. The molecule has 0 radical (unpaired) electrons. The van der Waals surface area contributed by atoms with Gasteiger partial charge < -0.3 is 58.9 Å². The molecule has 0 unspecified atom stereocenters. The zero-order valence-corrected chi connectivity index (χ0v) is 33.7. The Morgan fingerprint density at radius 2 is 1.14 bits per heavy atom. The molecule has 5 amide bonds. The van der Waals surface area contributed by atoms with Crippen LogP contribution in [0.2, 0.25) is 0 Å². The Balaban J connectivity index is 2.05. The summed E-state index contributed by atoms with van der Waals surface area (Å²) < 4.78 is 0. The predicted molar refractivity (Wildman–Crippen MR) is 210 cm³/mol. The Bertz CT molecular complexity index is 1300. The summed E-state index contributed by atoms with van der Waals surface area (Å²) in [6.07, 6.45) is 2.28. The van der Waals surface area contributed by atoms with Gasteiger partial charge in [0.2, 0.25) is 29.5 Å². The topological polar surface area (TPSA) is 296 Å². The van der Waals surface area contributed by atoms with Gasteiger partial charge in [0.15, 0.2) is 0 Å². The molecule has 2 heterocycles. The average molecular weight is 796 g/mol. The van der Waals surface area contributed by atoms with Gasteiger partial charge in [-0.25, -0.2) is 0 Å². The number of carboxylic acid groups (broad SMARTS) is 2. The summed E-state index contributed by atoms with van der Waals surface area (Å²) in [5.41, 5.74) is 12.0. The van der Waals surface area contributed by atoms with Crippen LogP contribution in [0.4, 0.5) is 0 Å². The highest BCUT2D eigenvalue weighted by Gasteiger charge is 2.35. The molecular formula is C38H69N9O9. The van der Waals surface area contributed by atoms with Crippen LogP contribution in [-0.4, -0.2) is 121 Å². The fourth-order valence-electron chi connectivity index (χ4n) is 7.45. The Labute approximate surface area is 330 Å². The summed E-state index contributed by atoms with van der Waals surface area (Å²) in [7, 11) is 0. The molecule has 0 aromatic rings. The predicted octanol–water partition coefficient (Wildman–Crippen LogP) is -0.702. The minimum atomic E-state index is -1.17. The number of amides is 5. The van der Waals surface area contributed by atoms with Gasteiger partial charge in [0.05, 0.1) is 18.3 Å². The highest BCUT2D eigenvalue weighted by molar-refractivity contribution is 5.85. The summed E-state index contributed by atoms with van der Waals surface area (Å²) in [5.74, 6) is -4.70. The molecule has 18 nitrogen and oxygen atoms in total. The van der Waals surface area contributed by atoms with Crippen molar-refractivity contribution in [2.24, 2.45) is 35.1 Å². The maximum absolute atomic E-state index is 13.7. The third kappa shape index (κ3) is 19.3. The van der Waals surface area contributed by atoms with E-state index in [1.165, 1.54) is 0 Å². The third-order valence-corrected chi connectivity index (χ3v) is 10.2. The summed E-state index contributed by atoms with van der Waals surface area (Å²) in [4.78, 5) is 89.0. The second-order valence-corrected chi connectivity index (χ2v) is 16.3. The molecule has 2 saturated heterocycles. The molecule has 18 heteroatoms. The summed E-state index contributed by atoms with van der Waals surface area (Å²) in [5, 5.41) is 39.3. The van der Waals surface area contributed by atoms with Crippen molar-refractivity contribution in [1.82, 2.24) is 37.2 Å². The molecule has 13 N–H and O–H groups in total. The van der Waals surface area contributed by atoms with E-state index in [-0.39, 0.29) is 86.1 Å². The fourth-order valence-corrected chi connectivity index (χ4v) is 7.45. The standard InChI is InChI=1S/C38H69N9O9/c1-22(2)14-26(45-37(55)28-20-41-12-9-30(28)40)17-32(48)43-24(6-5-11-39)16-34(50)47-31-10-13-42-21-29(31)38(56)46-27(15-23(3)4)18-33(49)44-25(19-36(53)54)7-8-35(51)52/h22-31,41-42H,5-21,39-40H2,1-4H3,(H,43,48)(H,44,49)(H,45,55)(H,46,56)(H,47,50)(H,51,52)(H,53,54)/t24-,25-,26-,27-,28+,29+,30+,31+/m0/s1. The highest BCUT2D eigenvalue weighted by atomic mass is 16.4. The van der Waals surface area contributed by atoms with Crippen molar-refractivity contribution >= 4 is 41.5 Å². The first-order valence-corrected chi connectivity index (χ1v) is 20.3. The number of carbonyl (C=O) groups excluding carboxylic acids is 5. The van der Waals surface area contributed by atoms with E-state index in [1.807, 2.05) is 27.7 Å². The minimum Gasteiger partial charge on any atom is -0.481 e. The number of hydrogen-bond donors (Lipinski definition) is 11. The first-order chi connectivity index (χ1) is 26.5. The van der Waals surface area contributed by atoms with Crippen LogP contribution in [0.15, 0.2) is 0 Å². The van der Waals surface area contributed by atoms with Gasteiger partial charge in [0.1, 0.15) is 0 Å². The zero-order chi connectivity index (χ0) is 41.8. The second kappa shape index (κ2) is 25.4. The van der Waals surface area contributed by atoms with E-state index in [4.69, 9.17) is 16.6 Å². The van der Waals surface area contributed by atoms with Crippen LogP contribution in [-0.2, 0) is 33.6 Å². The van der Waals surface area contributed by atoms with Crippen molar-refractivity contribution < 1.29 is 43.8 Å².